The summed E-state index contributed by atoms with van der Waals surface area (Å²) in [5, 5.41) is 13.8. The predicted molar refractivity (Wildman–Crippen MR) is 223 cm³/mol. The maximum Gasteiger partial charge on any atom is 0.326 e. The summed E-state index contributed by atoms with van der Waals surface area (Å²) in [4.78, 5) is 78.3. The molecule has 2 aromatic carbocycles. The van der Waals surface area contributed by atoms with Crippen LogP contribution >= 0.6 is 0 Å². The molecular weight excluding hydrogens is 841 g/mol. The monoisotopic (exact) mass is 881 g/mol. The summed E-state index contributed by atoms with van der Waals surface area (Å²) in [5.41, 5.74) is 3.37. The Balaban J connectivity index is 0.000000191. The number of aromatic amines is 1. The number of hydrogen-bond donors (Lipinski definition) is 4. The summed E-state index contributed by atoms with van der Waals surface area (Å²) < 4.78 is 51.7. The summed E-state index contributed by atoms with van der Waals surface area (Å²) in [6.45, 7) is 6.34. The molecule has 5 N–H and O–H groups in total. The molecule has 2 atom stereocenters. The quantitative estimate of drug-likeness (QED) is 0.101. The summed E-state index contributed by atoms with van der Waals surface area (Å²) >= 11 is 0. The molecule has 64 heavy (non-hydrogen) atoms. The van der Waals surface area contributed by atoms with E-state index < -0.39 is 46.0 Å². The second-order valence-corrected chi connectivity index (χ2v) is 14.5. The van der Waals surface area contributed by atoms with Gasteiger partial charge in [-0.1, -0.05) is 36.4 Å². The van der Waals surface area contributed by atoms with Crippen LogP contribution in [0.3, 0.4) is 0 Å². The van der Waals surface area contributed by atoms with Crippen LogP contribution in [0.15, 0.2) is 65.5 Å². The number of nitrogen functional groups attached to an aromatic ring is 1. The van der Waals surface area contributed by atoms with Crippen molar-refractivity contribution < 1.29 is 46.9 Å². The van der Waals surface area contributed by atoms with Gasteiger partial charge in [0.25, 0.3) is 5.56 Å². The third-order valence-electron chi connectivity index (χ3n) is 10.5. The first-order chi connectivity index (χ1) is 30.6. The van der Waals surface area contributed by atoms with Crippen LogP contribution < -0.4 is 31.4 Å². The van der Waals surface area contributed by atoms with Crippen molar-refractivity contribution in [1.82, 2.24) is 39.5 Å². The van der Waals surface area contributed by atoms with Crippen LogP contribution in [-0.4, -0.2) is 90.7 Å². The molecule has 22 heteroatoms. The van der Waals surface area contributed by atoms with Gasteiger partial charge in [-0.05, 0) is 39.8 Å². The van der Waals surface area contributed by atoms with Gasteiger partial charge in [-0.3, -0.25) is 24.0 Å². The minimum Gasteiger partial charge on any atom is -0.481 e. The minimum atomic E-state index is -1.81. The second-order valence-electron chi connectivity index (χ2n) is 14.5. The third kappa shape index (κ3) is 7.73. The molecule has 0 aliphatic carbocycles. The van der Waals surface area contributed by atoms with Crippen molar-refractivity contribution >= 4 is 41.2 Å². The maximum atomic E-state index is 14.1. The summed E-state index contributed by atoms with van der Waals surface area (Å²) in [5.74, 6) is -2.82. The molecular formula is C42H41F2N11O9. The van der Waals surface area contributed by atoms with E-state index in [9.17, 15) is 32.8 Å². The van der Waals surface area contributed by atoms with E-state index in [0.717, 1.165) is 0 Å². The maximum absolute atomic E-state index is 14.1. The number of carbonyl (C=O) groups excluding carboxylic acids is 4. The van der Waals surface area contributed by atoms with Crippen molar-refractivity contribution in [3.05, 3.63) is 105 Å². The van der Waals surface area contributed by atoms with Gasteiger partial charge in [-0.15, -0.1) is 0 Å². The third-order valence-corrected chi connectivity index (χ3v) is 10.5. The molecule has 0 saturated heterocycles. The zero-order chi connectivity index (χ0) is 46.1. The smallest absolute Gasteiger partial charge is 0.326 e. The largest absolute Gasteiger partial charge is 0.481 e. The van der Waals surface area contributed by atoms with Crippen molar-refractivity contribution in [3.63, 3.8) is 0 Å². The van der Waals surface area contributed by atoms with Gasteiger partial charge in [0.1, 0.15) is 40.5 Å². The van der Waals surface area contributed by atoms with Gasteiger partial charge < -0.3 is 40.3 Å². The molecule has 4 aromatic heterocycles. The predicted octanol–water partition coefficient (Wildman–Crippen LogP) is 3.49. The number of nitrogens with zero attached hydrogens (tertiary/aromatic N) is 7. The van der Waals surface area contributed by atoms with Crippen LogP contribution in [0.1, 0.15) is 49.9 Å². The average molecular weight is 882 g/mol. The SMILES string of the molecule is CCOC(=O)C1(C)C(=O)Nc2nc(-c3cc(OC)n(Cc4ccccc4F)n3)[nH]c(=O)c21.CCOC(=O)C1(C)C(=O)Nc2nc(-c3cc(OC)n(Cc4ccccc4F)n3)nc(N)c21. The molecule has 6 aromatic rings. The number of aromatic nitrogens is 8. The van der Waals surface area contributed by atoms with Crippen LogP contribution in [0.5, 0.6) is 11.8 Å². The molecule has 6 heterocycles. The molecule has 0 bridgehead atoms. The van der Waals surface area contributed by atoms with E-state index >= 15 is 0 Å². The van der Waals surface area contributed by atoms with Crippen LogP contribution in [0.2, 0.25) is 0 Å². The molecule has 8 rings (SSSR count). The number of halogens is 2. The Hall–Kier alpha value is -8.04. The minimum absolute atomic E-state index is 0.0488. The first-order valence-electron chi connectivity index (χ1n) is 19.6. The normalized spacial score (nSPS) is 17.1. The van der Waals surface area contributed by atoms with E-state index in [1.165, 1.54) is 55.6 Å². The zero-order valence-corrected chi connectivity index (χ0v) is 35.2. The highest BCUT2D eigenvalue weighted by molar-refractivity contribution is 6.20. The van der Waals surface area contributed by atoms with Crippen molar-refractivity contribution in [1.29, 1.82) is 0 Å². The van der Waals surface area contributed by atoms with E-state index in [-0.39, 0.29) is 78.0 Å². The fraction of sp³-hybridized carbons (Fsp3) is 0.286. The number of rotatable bonds is 12. The number of amides is 2. The van der Waals surface area contributed by atoms with E-state index in [0.29, 0.717) is 28.6 Å². The number of esters is 2. The fourth-order valence-electron chi connectivity index (χ4n) is 7.11. The highest BCUT2D eigenvalue weighted by Crippen LogP contribution is 2.42. The Morgan fingerprint density at radius 1 is 0.703 bits per heavy atom. The fourth-order valence-corrected chi connectivity index (χ4v) is 7.11. The molecule has 2 aliphatic rings. The lowest BCUT2D eigenvalue weighted by molar-refractivity contribution is -0.153. The molecule has 0 fully saturated rings. The van der Waals surface area contributed by atoms with E-state index in [2.05, 4.69) is 40.8 Å². The first-order valence-corrected chi connectivity index (χ1v) is 19.6. The number of benzene rings is 2. The number of nitrogens with two attached hydrogens (primary N) is 1. The summed E-state index contributed by atoms with van der Waals surface area (Å²) in [7, 11) is 2.89. The average Bonchev–Trinajstić information content (AvgIpc) is 4.01. The topological polar surface area (TPSA) is 262 Å². The number of methoxy groups -OCH3 is 2. The molecule has 332 valence electrons. The molecule has 0 saturated carbocycles. The van der Waals surface area contributed by atoms with Gasteiger partial charge >= 0.3 is 11.9 Å². The van der Waals surface area contributed by atoms with Crippen molar-refractivity contribution in [2.45, 2.75) is 51.6 Å². The van der Waals surface area contributed by atoms with Crippen molar-refractivity contribution in [3.8, 4) is 34.8 Å². The number of carbonyl (C=O) groups is 4. The first kappa shape index (κ1) is 44.0. The molecule has 2 unspecified atom stereocenters. The zero-order valence-electron chi connectivity index (χ0n) is 35.2. The standard InChI is InChI=1S/C21H21FN6O4.C21H20FN5O5/c1-4-32-20(30)21(2)15-16(23)24-17(25-18(15)26-19(21)29)13-9-14(31-3)28(27-13)10-11-7-5-6-8-12(11)22;1-4-32-20(30)21(2)15-17(25-19(21)29)23-16(24-18(15)28)13-9-14(31-3)27(26-13)10-11-7-5-6-8-12(11)22/h5-9H,4,10H2,1-3H3,(H3,23,24,25,26,29);5-9H,4,10H2,1-3H3,(H2,23,24,25,28,29). The van der Waals surface area contributed by atoms with E-state index in [4.69, 9.17) is 24.7 Å². The molecule has 20 nitrogen and oxygen atoms in total. The lowest BCUT2D eigenvalue weighted by Gasteiger charge is -2.20. The van der Waals surface area contributed by atoms with Gasteiger partial charge in [-0.25, -0.2) is 33.1 Å². The number of fused-ring (bicyclic) bond motifs is 2. The van der Waals surface area contributed by atoms with Crippen LogP contribution in [0.25, 0.3) is 23.0 Å². The summed E-state index contributed by atoms with van der Waals surface area (Å²) in [6.07, 6.45) is 0. The Morgan fingerprint density at radius 3 is 1.67 bits per heavy atom. The van der Waals surface area contributed by atoms with Gasteiger partial charge in [0.2, 0.25) is 23.6 Å². The Bertz CT molecular complexity index is 2900. The summed E-state index contributed by atoms with van der Waals surface area (Å²) in [6, 6.07) is 15.7. The van der Waals surface area contributed by atoms with Crippen LogP contribution in [0.4, 0.5) is 26.2 Å². The molecule has 2 amide bonds. The highest BCUT2D eigenvalue weighted by atomic mass is 19.1. The molecule has 0 radical (unpaired) electrons. The number of hydrogen-bond acceptors (Lipinski definition) is 15. The molecule has 0 spiro atoms. The van der Waals surface area contributed by atoms with Gasteiger partial charge in [0.05, 0.1) is 51.6 Å². The number of H-pyrrole nitrogens is 1. The Labute approximate surface area is 362 Å². The molecule has 2 aliphatic heterocycles. The Morgan fingerprint density at radius 2 is 1.17 bits per heavy atom. The van der Waals surface area contributed by atoms with Gasteiger partial charge in [0, 0.05) is 23.3 Å². The number of nitrogens with one attached hydrogen (secondary N) is 3. The number of ether oxygens (including phenoxy) is 4. The van der Waals surface area contributed by atoms with Crippen LogP contribution in [0, 0.1) is 11.6 Å². The second kappa shape index (κ2) is 17.4. The van der Waals surface area contributed by atoms with Crippen LogP contribution in [-0.2, 0) is 52.6 Å². The lowest BCUT2D eigenvalue weighted by Crippen LogP contribution is -2.43. The Kier molecular flexibility index (Phi) is 12.0. The number of anilines is 3. The van der Waals surface area contributed by atoms with Gasteiger partial charge in [0.15, 0.2) is 22.5 Å². The lowest BCUT2D eigenvalue weighted by atomic mass is 9.84. The highest BCUT2D eigenvalue weighted by Gasteiger charge is 2.54. The van der Waals surface area contributed by atoms with Crippen molar-refractivity contribution in [2.24, 2.45) is 0 Å². The van der Waals surface area contributed by atoms with E-state index in [1.807, 2.05) is 0 Å². The van der Waals surface area contributed by atoms with Gasteiger partial charge in [-0.2, -0.15) is 10.2 Å². The van der Waals surface area contributed by atoms with Crippen molar-refractivity contribution in [2.75, 3.05) is 43.8 Å². The van der Waals surface area contributed by atoms with E-state index in [1.54, 1.807) is 56.3 Å².